The van der Waals surface area contributed by atoms with Crippen LogP contribution in [0, 0.1) is 11.3 Å². The van der Waals surface area contributed by atoms with E-state index < -0.39 is 17.2 Å². The van der Waals surface area contributed by atoms with Gasteiger partial charge < -0.3 is 10.1 Å². The average Bonchev–Trinajstić information content (AvgIpc) is 3.00. The zero-order chi connectivity index (χ0) is 18.9. The van der Waals surface area contributed by atoms with Gasteiger partial charge in [-0.15, -0.1) is 11.6 Å². The third-order valence-electron chi connectivity index (χ3n) is 5.10. The lowest BCUT2D eigenvalue weighted by Crippen LogP contribution is -2.63. The van der Waals surface area contributed by atoms with Crippen molar-refractivity contribution in [2.45, 2.75) is 63.4 Å². The van der Waals surface area contributed by atoms with Gasteiger partial charge in [-0.1, -0.05) is 0 Å². The molecule has 0 radical (unpaired) electrons. The van der Waals surface area contributed by atoms with E-state index in [9.17, 15) is 10.1 Å². The van der Waals surface area contributed by atoms with E-state index in [0.717, 1.165) is 5.56 Å². The van der Waals surface area contributed by atoms with Gasteiger partial charge >= 0.3 is 0 Å². The van der Waals surface area contributed by atoms with Crippen molar-refractivity contribution in [3.8, 4) is 11.8 Å². The summed E-state index contributed by atoms with van der Waals surface area (Å²) in [6, 6.07) is 6.85. The number of fused-ring (bicyclic) bond motifs is 1. The first-order chi connectivity index (χ1) is 12.3. The normalized spacial score (nSPS) is 28.9. The fourth-order valence-electron chi connectivity index (χ4n) is 3.73. The molecule has 0 saturated carbocycles. The molecule has 1 N–H and O–H groups in total. The molecule has 1 saturated heterocycles. The van der Waals surface area contributed by atoms with Crippen LogP contribution >= 0.6 is 11.6 Å². The van der Waals surface area contributed by atoms with Gasteiger partial charge in [0.1, 0.15) is 11.4 Å². The minimum absolute atomic E-state index is 0.121. The monoisotopic (exact) mass is 378 g/mol. The summed E-state index contributed by atoms with van der Waals surface area (Å²) in [5.74, 6) is 0.929. The molecule has 0 bridgehead atoms. The summed E-state index contributed by atoms with van der Waals surface area (Å²) in [4.78, 5) is 23.7. The van der Waals surface area contributed by atoms with Crippen molar-refractivity contribution in [1.82, 2.24) is 5.32 Å². The number of amides is 1. The number of rotatable bonds is 4. The maximum atomic E-state index is 12.5. The number of carbonyl (C=O) groups excluding carboxylic acids is 1. The van der Waals surface area contributed by atoms with Crippen LogP contribution in [0.5, 0.6) is 5.75 Å². The second kappa shape index (κ2) is 7.07. The van der Waals surface area contributed by atoms with E-state index in [1.165, 1.54) is 0 Å². The molecule has 26 heavy (non-hydrogen) atoms. The second-order valence-electron chi connectivity index (χ2n) is 7.35. The van der Waals surface area contributed by atoms with Gasteiger partial charge in [0.15, 0.2) is 5.60 Å². The number of nitrogens with one attached hydrogen (secondary N) is 1. The molecule has 2 aliphatic heterocycles. The number of nitriles is 1. The number of halogens is 1. The number of alkyl halides is 1. The third-order valence-corrected chi connectivity index (χ3v) is 5.36. The van der Waals surface area contributed by atoms with Crippen LogP contribution in [-0.4, -0.2) is 29.1 Å². The van der Waals surface area contributed by atoms with Gasteiger partial charge in [-0.05, 0) is 45.4 Å². The molecule has 1 fully saturated rings. The van der Waals surface area contributed by atoms with Crippen molar-refractivity contribution < 1.29 is 19.3 Å². The second-order valence-corrected chi connectivity index (χ2v) is 7.73. The molecule has 6 nitrogen and oxygen atoms in total. The summed E-state index contributed by atoms with van der Waals surface area (Å²) in [7, 11) is 0. The molecule has 1 aromatic rings. The summed E-state index contributed by atoms with van der Waals surface area (Å²) in [6.45, 7) is 5.76. The number of carbonyl (C=O) groups is 1. The molecule has 1 spiro atoms. The third kappa shape index (κ3) is 3.16. The molecule has 2 aliphatic rings. The first-order valence-corrected chi connectivity index (χ1v) is 9.29. The molecule has 0 aromatic heterocycles. The van der Waals surface area contributed by atoms with Gasteiger partial charge in [-0.2, -0.15) is 5.26 Å². The number of nitrogens with zero attached hydrogens (tertiary/aromatic N) is 1. The van der Waals surface area contributed by atoms with Crippen molar-refractivity contribution in [3.63, 3.8) is 0 Å². The van der Waals surface area contributed by atoms with E-state index in [-0.39, 0.29) is 12.0 Å². The van der Waals surface area contributed by atoms with E-state index in [1.807, 2.05) is 20.8 Å². The maximum Gasteiger partial charge on any atom is 0.220 e. The van der Waals surface area contributed by atoms with Gasteiger partial charge in [-0.3, -0.25) is 4.79 Å². The summed E-state index contributed by atoms with van der Waals surface area (Å²) >= 11 is 5.71. The topological polar surface area (TPSA) is 80.6 Å². The molecule has 3 rings (SSSR count). The van der Waals surface area contributed by atoms with E-state index in [0.29, 0.717) is 36.5 Å². The number of hydrogen-bond acceptors (Lipinski definition) is 5. The maximum absolute atomic E-state index is 12.5. The Labute approximate surface area is 158 Å². The number of benzene rings is 1. The van der Waals surface area contributed by atoms with Crippen LogP contribution in [0.2, 0.25) is 0 Å². The zero-order valence-electron chi connectivity index (χ0n) is 15.2. The molecule has 2 heterocycles. The number of ether oxygens (including phenoxy) is 1. The molecule has 3 atom stereocenters. The van der Waals surface area contributed by atoms with Crippen LogP contribution in [0.25, 0.3) is 0 Å². The van der Waals surface area contributed by atoms with E-state index in [4.69, 9.17) is 26.1 Å². The lowest BCUT2D eigenvalue weighted by atomic mass is 9.71. The Kier molecular flexibility index (Phi) is 5.16. The van der Waals surface area contributed by atoms with Crippen molar-refractivity contribution in [2.24, 2.45) is 0 Å². The molecular formula is C19H23ClN2O4. The number of hydrogen-bond donors (Lipinski definition) is 1. The molecular weight excluding hydrogens is 356 g/mol. The predicted octanol–water partition coefficient (Wildman–Crippen LogP) is 3.38. The Morgan fingerprint density at radius 3 is 2.85 bits per heavy atom. The van der Waals surface area contributed by atoms with Gasteiger partial charge in [-0.25, -0.2) is 9.78 Å². The van der Waals surface area contributed by atoms with Gasteiger partial charge in [0.25, 0.3) is 0 Å². The minimum atomic E-state index is -0.899. The Balaban J connectivity index is 2.07. The fraction of sp³-hybridized carbons (Fsp3) is 0.579. The summed E-state index contributed by atoms with van der Waals surface area (Å²) in [6.07, 6.45) is 1.32. The lowest BCUT2D eigenvalue weighted by Gasteiger charge is -2.50. The zero-order valence-corrected chi connectivity index (χ0v) is 15.9. The SMILES string of the molecule is CC1CC2(OO1)C(NC(=O)CCCCl)c1cc(C#N)ccc1OC2(C)C. The molecule has 1 aromatic carbocycles. The first-order valence-electron chi connectivity index (χ1n) is 8.76. The van der Waals surface area contributed by atoms with Crippen molar-refractivity contribution in [1.29, 1.82) is 5.26 Å². The highest BCUT2D eigenvalue weighted by molar-refractivity contribution is 6.17. The Morgan fingerprint density at radius 2 is 2.23 bits per heavy atom. The predicted molar refractivity (Wildman–Crippen MR) is 95.7 cm³/mol. The van der Waals surface area contributed by atoms with Crippen LogP contribution in [0.4, 0.5) is 0 Å². The van der Waals surface area contributed by atoms with Gasteiger partial charge in [0.2, 0.25) is 5.91 Å². The molecule has 7 heteroatoms. The Hall–Kier alpha value is -1.81. The molecule has 0 aliphatic carbocycles. The van der Waals surface area contributed by atoms with Gasteiger partial charge in [0, 0.05) is 24.3 Å². The standard InChI is InChI=1S/C19H23ClN2O4/c1-12-10-19(26-25-12)17(22-16(23)5-4-8-20)14-9-13(11-21)6-7-15(14)24-18(19,2)3/h6-7,9,12,17H,4-5,8,10H2,1-3H3,(H,22,23). The van der Waals surface area contributed by atoms with Crippen LogP contribution in [-0.2, 0) is 14.6 Å². The summed E-state index contributed by atoms with van der Waals surface area (Å²) in [5, 5.41) is 12.4. The smallest absolute Gasteiger partial charge is 0.220 e. The van der Waals surface area contributed by atoms with Crippen LogP contribution < -0.4 is 10.1 Å². The van der Waals surface area contributed by atoms with Crippen molar-refractivity contribution in [3.05, 3.63) is 29.3 Å². The highest BCUT2D eigenvalue weighted by atomic mass is 35.5. The minimum Gasteiger partial charge on any atom is -0.484 e. The van der Waals surface area contributed by atoms with E-state index in [1.54, 1.807) is 18.2 Å². The quantitative estimate of drug-likeness (QED) is 0.641. The van der Waals surface area contributed by atoms with Gasteiger partial charge in [0.05, 0.1) is 23.8 Å². The van der Waals surface area contributed by atoms with Crippen LogP contribution in [0.3, 0.4) is 0 Å². The van der Waals surface area contributed by atoms with Crippen molar-refractivity contribution >= 4 is 17.5 Å². The lowest BCUT2D eigenvalue weighted by molar-refractivity contribution is -0.358. The van der Waals surface area contributed by atoms with Crippen molar-refractivity contribution in [2.75, 3.05) is 5.88 Å². The largest absolute Gasteiger partial charge is 0.484 e. The summed E-state index contributed by atoms with van der Waals surface area (Å²) < 4.78 is 6.21. The molecule has 140 valence electrons. The fourth-order valence-corrected chi connectivity index (χ4v) is 3.86. The first kappa shape index (κ1) is 19.0. The average molecular weight is 379 g/mol. The Bertz CT molecular complexity index is 746. The highest BCUT2D eigenvalue weighted by Gasteiger charge is 2.63. The molecule has 1 amide bonds. The molecule has 3 unspecified atom stereocenters. The Morgan fingerprint density at radius 1 is 1.46 bits per heavy atom. The highest BCUT2D eigenvalue weighted by Crippen LogP contribution is 2.53. The summed E-state index contributed by atoms with van der Waals surface area (Å²) in [5.41, 5.74) is -0.428. The van der Waals surface area contributed by atoms with E-state index in [2.05, 4.69) is 11.4 Å². The van der Waals surface area contributed by atoms with E-state index >= 15 is 0 Å². The van der Waals surface area contributed by atoms with Crippen LogP contribution in [0.1, 0.15) is 57.2 Å². The van der Waals surface area contributed by atoms with Crippen LogP contribution in [0.15, 0.2) is 18.2 Å².